The summed E-state index contributed by atoms with van der Waals surface area (Å²) in [5, 5.41) is 6.08. The van der Waals surface area contributed by atoms with Crippen molar-refractivity contribution < 1.29 is 19.1 Å². The molecule has 4 aliphatic heterocycles. The van der Waals surface area contributed by atoms with E-state index in [1.807, 2.05) is 124 Å². The summed E-state index contributed by atoms with van der Waals surface area (Å²) in [5.41, 5.74) is 3.63. The summed E-state index contributed by atoms with van der Waals surface area (Å²) in [6.07, 6.45) is -0.354. The van der Waals surface area contributed by atoms with Crippen LogP contribution in [0.15, 0.2) is 97.1 Å². The van der Waals surface area contributed by atoms with Crippen LogP contribution in [0.2, 0.25) is 20.1 Å². The van der Waals surface area contributed by atoms with E-state index in [1.165, 1.54) is 11.1 Å². The molecule has 2 amide bonds. The first kappa shape index (κ1) is 47.3. The number of alkyl halides is 1. The highest BCUT2D eigenvalue weighted by molar-refractivity contribution is 6.31. The number of ether oxygens (including phenoxy) is 2. The van der Waals surface area contributed by atoms with Gasteiger partial charge in [0.1, 0.15) is 11.2 Å². The second-order valence-electron chi connectivity index (χ2n) is 18.4. The van der Waals surface area contributed by atoms with Crippen LogP contribution in [0.4, 0.5) is 9.59 Å². The standard InChI is InChI=1S/C24H28Cl2N2O2.C13H9Cl3.C11H20N2O2/c1-24(2,3)30-23(29)28-14-18-12-27(13-19(18)15-28)22(16-4-8-20(25)9-5-16)17-6-10-21(26)11-7-17;14-11-5-1-9(2-6-11)13(16)10-3-7-12(15)8-4-10;1-11(2,3)15-10(14)13-6-8-4-12-5-9(8)7-13/h4-11,18-19,22H,12-15H2,1-3H3;1-8,13H;8-9,12H,4-7H2,1-3H3. The van der Waals surface area contributed by atoms with Gasteiger partial charge in [-0.3, -0.25) is 4.90 Å². The zero-order valence-corrected chi connectivity index (χ0v) is 39.5. The van der Waals surface area contributed by atoms with Gasteiger partial charge in [0.05, 0.1) is 11.4 Å². The fraction of sp³-hybridized carbons (Fsp3) is 0.458. The summed E-state index contributed by atoms with van der Waals surface area (Å²) in [6.45, 7) is 18.6. The van der Waals surface area contributed by atoms with E-state index in [1.54, 1.807) is 0 Å². The zero-order valence-electron chi connectivity index (χ0n) is 35.7. The Labute approximate surface area is 386 Å². The molecule has 0 aromatic heterocycles. The lowest BCUT2D eigenvalue weighted by molar-refractivity contribution is 0.0266. The smallest absolute Gasteiger partial charge is 0.410 e. The van der Waals surface area contributed by atoms with Gasteiger partial charge in [-0.25, -0.2) is 9.59 Å². The van der Waals surface area contributed by atoms with E-state index in [0.29, 0.717) is 33.7 Å². The fourth-order valence-electron chi connectivity index (χ4n) is 8.41. The monoisotopic (exact) mass is 928 g/mol. The third-order valence-electron chi connectivity index (χ3n) is 11.3. The zero-order chi connectivity index (χ0) is 44.1. The van der Waals surface area contributed by atoms with Crippen molar-refractivity contribution >= 4 is 70.2 Å². The SMILES string of the molecule is CC(C)(C)OC(=O)N1CC2CN(C(c3ccc(Cl)cc3)c3ccc(Cl)cc3)CC2C1.CC(C)(C)OC(=O)N1CC2CNCC2C1.Clc1ccc(C(Cl)c2ccc(Cl)cc2)cc1. The molecule has 4 unspecified atom stereocenters. The number of rotatable bonds is 5. The topological polar surface area (TPSA) is 74.4 Å². The van der Waals surface area contributed by atoms with Gasteiger partial charge in [-0.05, 0) is 136 Å². The second kappa shape index (κ2) is 20.5. The largest absolute Gasteiger partial charge is 0.444 e. The maximum Gasteiger partial charge on any atom is 0.410 e. The number of nitrogens with one attached hydrogen (secondary N) is 1. The predicted octanol–water partition coefficient (Wildman–Crippen LogP) is 12.3. The van der Waals surface area contributed by atoms with Crippen LogP contribution in [0.25, 0.3) is 0 Å². The van der Waals surface area contributed by atoms with Gasteiger partial charge in [0.25, 0.3) is 0 Å². The van der Waals surface area contributed by atoms with Gasteiger partial charge in [-0.15, -0.1) is 11.6 Å². The van der Waals surface area contributed by atoms with Crippen molar-refractivity contribution in [2.75, 3.05) is 52.4 Å². The lowest BCUT2D eigenvalue weighted by atomic mass is 9.97. The molecule has 0 saturated carbocycles. The summed E-state index contributed by atoms with van der Waals surface area (Å²) >= 11 is 30.3. The number of likely N-dealkylation sites (tertiary alicyclic amines) is 3. The molecule has 4 atom stereocenters. The van der Waals surface area contributed by atoms with Crippen LogP contribution in [-0.2, 0) is 9.47 Å². The van der Waals surface area contributed by atoms with Crippen molar-refractivity contribution in [3.8, 4) is 0 Å². The predicted molar refractivity (Wildman–Crippen MR) is 249 cm³/mol. The molecular formula is C48H57Cl5N4O4. The minimum Gasteiger partial charge on any atom is -0.444 e. The van der Waals surface area contributed by atoms with Gasteiger partial charge in [-0.1, -0.05) is 94.9 Å². The van der Waals surface area contributed by atoms with E-state index in [0.717, 1.165) is 73.5 Å². The van der Waals surface area contributed by atoms with Crippen molar-refractivity contribution in [2.45, 2.75) is 64.2 Å². The Morgan fingerprint density at radius 3 is 1.11 bits per heavy atom. The molecule has 4 fully saturated rings. The van der Waals surface area contributed by atoms with Crippen molar-refractivity contribution in [1.82, 2.24) is 20.0 Å². The maximum atomic E-state index is 12.5. The van der Waals surface area contributed by atoms with Crippen molar-refractivity contribution in [3.05, 3.63) is 139 Å². The number of amides is 2. The van der Waals surface area contributed by atoms with E-state index in [-0.39, 0.29) is 29.2 Å². The van der Waals surface area contributed by atoms with E-state index >= 15 is 0 Å². The van der Waals surface area contributed by atoms with Gasteiger partial charge in [-0.2, -0.15) is 0 Å². The Balaban J connectivity index is 0.000000169. The molecule has 4 aliphatic rings. The molecule has 4 heterocycles. The minimum absolute atomic E-state index is 0.139. The summed E-state index contributed by atoms with van der Waals surface area (Å²) in [6, 6.07) is 31.4. The summed E-state index contributed by atoms with van der Waals surface area (Å²) in [5.74, 6) is 2.19. The molecule has 8 rings (SSSR count). The highest BCUT2D eigenvalue weighted by Gasteiger charge is 2.45. The van der Waals surface area contributed by atoms with Gasteiger partial charge in [0.2, 0.25) is 0 Å². The minimum atomic E-state index is -0.463. The van der Waals surface area contributed by atoms with Crippen LogP contribution in [0.3, 0.4) is 0 Å². The number of carbonyl (C=O) groups is 2. The molecule has 0 spiro atoms. The highest BCUT2D eigenvalue weighted by atomic mass is 35.5. The first-order chi connectivity index (χ1) is 28.8. The van der Waals surface area contributed by atoms with Crippen LogP contribution in [0.5, 0.6) is 0 Å². The molecule has 4 saturated heterocycles. The summed E-state index contributed by atoms with van der Waals surface area (Å²) < 4.78 is 10.9. The van der Waals surface area contributed by atoms with E-state index < -0.39 is 5.60 Å². The van der Waals surface area contributed by atoms with Gasteiger partial charge in [0, 0.05) is 72.4 Å². The molecule has 4 aromatic carbocycles. The fourth-order valence-corrected chi connectivity index (χ4v) is 9.20. The molecule has 61 heavy (non-hydrogen) atoms. The Morgan fingerprint density at radius 1 is 0.508 bits per heavy atom. The normalized spacial score (nSPS) is 21.1. The first-order valence-electron chi connectivity index (χ1n) is 20.9. The van der Waals surface area contributed by atoms with E-state index in [4.69, 9.17) is 67.5 Å². The van der Waals surface area contributed by atoms with Crippen LogP contribution in [0, 0.1) is 23.7 Å². The molecular weight excluding hydrogens is 874 g/mol. The van der Waals surface area contributed by atoms with Gasteiger partial charge < -0.3 is 24.6 Å². The highest BCUT2D eigenvalue weighted by Crippen LogP contribution is 2.40. The van der Waals surface area contributed by atoms with Gasteiger partial charge >= 0.3 is 12.2 Å². The van der Waals surface area contributed by atoms with E-state index in [2.05, 4.69) is 34.5 Å². The molecule has 328 valence electrons. The molecule has 8 nitrogen and oxygen atoms in total. The number of carbonyl (C=O) groups excluding carboxylic acids is 2. The van der Waals surface area contributed by atoms with Crippen molar-refractivity contribution in [2.24, 2.45) is 23.7 Å². The average molecular weight is 931 g/mol. The van der Waals surface area contributed by atoms with Crippen LogP contribution in [-0.4, -0.2) is 90.4 Å². The number of halogens is 5. The second-order valence-corrected chi connectivity index (χ2v) is 20.6. The summed E-state index contributed by atoms with van der Waals surface area (Å²) in [4.78, 5) is 30.5. The number of hydrogen-bond donors (Lipinski definition) is 1. The number of hydrogen-bond acceptors (Lipinski definition) is 6. The maximum absolute atomic E-state index is 12.5. The Kier molecular flexibility index (Phi) is 15.9. The molecule has 1 N–H and O–H groups in total. The average Bonchev–Trinajstić information content (AvgIpc) is 3.98. The molecule has 4 aromatic rings. The van der Waals surface area contributed by atoms with Crippen LogP contribution >= 0.6 is 58.0 Å². The number of nitrogens with zero attached hydrogens (tertiary/aromatic N) is 3. The van der Waals surface area contributed by atoms with Crippen molar-refractivity contribution in [1.29, 1.82) is 0 Å². The quantitative estimate of drug-likeness (QED) is 0.201. The van der Waals surface area contributed by atoms with Crippen molar-refractivity contribution in [3.63, 3.8) is 0 Å². The summed E-state index contributed by atoms with van der Waals surface area (Å²) in [7, 11) is 0. The van der Waals surface area contributed by atoms with E-state index in [9.17, 15) is 9.59 Å². The molecule has 0 radical (unpaired) electrons. The van der Waals surface area contributed by atoms with Gasteiger partial charge in [0.15, 0.2) is 0 Å². The molecule has 0 bridgehead atoms. The lowest BCUT2D eigenvalue weighted by Gasteiger charge is -2.31. The number of fused-ring (bicyclic) bond motifs is 2. The molecule has 13 heteroatoms. The van der Waals surface area contributed by atoms with Crippen LogP contribution < -0.4 is 5.32 Å². The lowest BCUT2D eigenvalue weighted by Crippen LogP contribution is -2.38. The number of benzene rings is 4. The Bertz CT molecular complexity index is 1940. The Morgan fingerprint density at radius 2 is 0.803 bits per heavy atom. The molecule has 0 aliphatic carbocycles. The third kappa shape index (κ3) is 13.4. The first-order valence-corrected chi connectivity index (χ1v) is 22.8. The Hall–Kier alpha value is -3.21. The van der Waals surface area contributed by atoms with Crippen LogP contribution in [0.1, 0.15) is 75.2 Å². The third-order valence-corrected chi connectivity index (χ3v) is 12.8.